The van der Waals surface area contributed by atoms with E-state index in [4.69, 9.17) is 4.74 Å². The Morgan fingerprint density at radius 1 is 1.00 bits per heavy atom. The number of hydrogen-bond donors (Lipinski definition) is 0. The van der Waals surface area contributed by atoms with Crippen LogP contribution in [-0.2, 0) is 4.79 Å². The average molecular weight is 394 g/mol. The van der Waals surface area contributed by atoms with Gasteiger partial charge in [0.25, 0.3) is 0 Å². The van der Waals surface area contributed by atoms with Gasteiger partial charge in [-0.2, -0.15) is 0 Å². The van der Waals surface area contributed by atoms with Crippen LogP contribution in [0.15, 0.2) is 48.5 Å². The maximum Gasteiger partial charge on any atom is 0.193 e. The van der Waals surface area contributed by atoms with Gasteiger partial charge in [0.05, 0.1) is 0 Å². The van der Waals surface area contributed by atoms with Crippen molar-refractivity contribution in [2.75, 3.05) is 0 Å². The van der Waals surface area contributed by atoms with Crippen molar-refractivity contribution in [3.8, 4) is 5.75 Å². The standard InChI is InChI=1S/C17H15IO3/c1-17(2,11-19)21-15-9-5-13(6-10-15)16(20)12-3-7-14(18)8-4-12/h3-11H,1-2H3. The number of carbonyl (C=O) groups excluding carboxylic acids is 2. The van der Waals surface area contributed by atoms with Crippen molar-refractivity contribution in [1.82, 2.24) is 0 Å². The van der Waals surface area contributed by atoms with Crippen molar-refractivity contribution < 1.29 is 14.3 Å². The van der Waals surface area contributed by atoms with E-state index in [9.17, 15) is 9.59 Å². The molecule has 108 valence electrons. The van der Waals surface area contributed by atoms with Crippen molar-refractivity contribution in [3.05, 3.63) is 63.2 Å². The van der Waals surface area contributed by atoms with Gasteiger partial charge in [-0.1, -0.05) is 0 Å². The van der Waals surface area contributed by atoms with Gasteiger partial charge in [0.2, 0.25) is 0 Å². The summed E-state index contributed by atoms with van der Waals surface area (Å²) in [6.07, 6.45) is 0.748. The van der Waals surface area contributed by atoms with Gasteiger partial charge >= 0.3 is 0 Å². The maximum absolute atomic E-state index is 12.3. The predicted octanol–water partition coefficient (Wildman–Crippen LogP) is 3.88. The second-order valence-electron chi connectivity index (χ2n) is 5.18. The summed E-state index contributed by atoms with van der Waals surface area (Å²) in [6, 6.07) is 14.2. The molecule has 0 bridgehead atoms. The smallest absolute Gasteiger partial charge is 0.193 e. The molecule has 0 saturated heterocycles. The van der Waals surface area contributed by atoms with E-state index in [1.165, 1.54) is 0 Å². The fourth-order valence-electron chi connectivity index (χ4n) is 1.77. The second-order valence-corrected chi connectivity index (χ2v) is 6.43. The first-order chi connectivity index (χ1) is 9.91. The highest BCUT2D eigenvalue weighted by molar-refractivity contribution is 14.1. The zero-order valence-electron chi connectivity index (χ0n) is 11.8. The quantitative estimate of drug-likeness (QED) is 0.439. The van der Waals surface area contributed by atoms with Crippen LogP contribution in [-0.4, -0.2) is 17.7 Å². The summed E-state index contributed by atoms with van der Waals surface area (Å²) in [6.45, 7) is 3.37. The number of ether oxygens (including phenoxy) is 1. The number of halogens is 1. The fourth-order valence-corrected chi connectivity index (χ4v) is 2.13. The van der Waals surface area contributed by atoms with E-state index in [0.717, 1.165) is 9.86 Å². The van der Waals surface area contributed by atoms with E-state index >= 15 is 0 Å². The Morgan fingerprint density at radius 2 is 1.48 bits per heavy atom. The van der Waals surface area contributed by atoms with Gasteiger partial charge in [0, 0.05) is 14.7 Å². The van der Waals surface area contributed by atoms with Crippen molar-refractivity contribution in [2.24, 2.45) is 0 Å². The number of ketones is 1. The van der Waals surface area contributed by atoms with E-state index in [2.05, 4.69) is 22.6 Å². The number of hydrogen-bond acceptors (Lipinski definition) is 3. The third-order valence-electron chi connectivity index (χ3n) is 2.89. The van der Waals surface area contributed by atoms with E-state index in [0.29, 0.717) is 16.9 Å². The van der Waals surface area contributed by atoms with Gasteiger partial charge in [-0.05, 0) is 85.0 Å². The molecular weight excluding hydrogens is 379 g/mol. The Kier molecular flexibility index (Phi) is 4.77. The van der Waals surface area contributed by atoms with Crippen LogP contribution in [0.1, 0.15) is 29.8 Å². The lowest BCUT2D eigenvalue weighted by Crippen LogP contribution is -2.29. The number of aldehydes is 1. The topological polar surface area (TPSA) is 43.4 Å². The third kappa shape index (κ3) is 4.14. The molecule has 0 aliphatic carbocycles. The molecule has 0 radical (unpaired) electrons. The highest BCUT2D eigenvalue weighted by Crippen LogP contribution is 2.19. The summed E-state index contributed by atoms with van der Waals surface area (Å²) < 4.78 is 6.61. The van der Waals surface area contributed by atoms with Crippen molar-refractivity contribution in [1.29, 1.82) is 0 Å². The molecule has 2 aromatic rings. The number of benzene rings is 2. The Bertz CT molecular complexity index is 643. The zero-order chi connectivity index (χ0) is 15.5. The van der Waals surface area contributed by atoms with E-state index in [1.807, 2.05) is 24.3 Å². The van der Waals surface area contributed by atoms with Crippen LogP contribution in [0.3, 0.4) is 0 Å². The van der Waals surface area contributed by atoms with Crippen LogP contribution in [0.2, 0.25) is 0 Å². The van der Waals surface area contributed by atoms with Crippen LogP contribution < -0.4 is 4.74 Å². The largest absolute Gasteiger partial charge is 0.480 e. The maximum atomic E-state index is 12.3. The summed E-state index contributed by atoms with van der Waals surface area (Å²) in [7, 11) is 0. The fraction of sp³-hybridized carbons (Fsp3) is 0.176. The predicted molar refractivity (Wildman–Crippen MR) is 89.8 cm³/mol. The third-order valence-corrected chi connectivity index (χ3v) is 3.61. The number of rotatable bonds is 5. The summed E-state index contributed by atoms with van der Waals surface area (Å²) >= 11 is 2.20. The van der Waals surface area contributed by atoms with E-state index in [-0.39, 0.29) is 5.78 Å². The van der Waals surface area contributed by atoms with Gasteiger partial charge in [-0.25, -0.2) is 0 Å². The molecule has 0 heterocycles. The first kappa shape index (κ1) is 15.7. The normalized spacial score (nSPS) is 11.0. The van der Waals surface area contributed by atoms with E-state index in [1.54, 1.807) is 38.1 Å². The molecule has 21 heavy (non-hydrogen) atoms. The zero-order valence-corrected chi connectivity index (χ0v) is 14.0. The Balaban J connectivity index is 2.17. The molecule has 0 spiro atoms. The summed E-state index contributed by atoms with van der Waals surface area (Å²) in [5.41, 5.74) is 0.367. The molecular formula is C17H15IO3. The molecule has 0 aromatic heterocycles. The second kappa shape index (κ2) is 6.39. The Hall–Kier alpha value is -1.69. The lowest BCUT2D eigenvalue weighted by molar-refractivity contribution is -0.118. The minimum Gasteiger partial charge on any atom is -0.480 e. The lowest BCUT2D eigenvalue weighted by Gasteiger charge is -2.19. The summed E-state index contributed by atoms with van der Waals surface area (Å²) in [4.78, 5) is 23.1. The average Bonchev–Trinajstić information content (AvgIpc) is 2.48. The Morgan fingerprint density at radius 3 is 1.95 bits per heavy atom. The van der Waals surface area contributed by atoms with Crippen molar-refractivity contribution in [2.45, 2.75) is 19.4 Å². The summed E-state index contributed by atoms with van der Waals surface area (Å²) in [5, 5.41) is 0. The van der Waals surface area contributed by atoms with Gasteiger partial charge in [0.15, 0.2) is 17.7 Å². The van der Waals surface area contributed by atoms with Crippen LogP contribution in [0.25, 0.3) is 0 Å². The van der Waals surface area contributed by atoms with E-state index < -0.39 is 5.60 Å². The highest BCUT2D eigenvalue weighted by Gasteiger charge is 2.18. The van der Waals surface area contributed by atoms with Gasteiger partial charge in [0.1, 0.15) is 5.75 Å². The van der Waals surface area contributed by atoms with Crippen LogP contribution in [0.4, 0.5) is 0 Å². The highest BCUT2D eigenvalue weighted by atomic mass is 127. The van der Waals surface area contributed by atoms with Gasteiger partial charge in [-0.15, -0.1) is 0 Å². The molecule has 2 rings (SSSR count). The van der Waals surface area contributed by atoms with Crippen LogP contribution >= 0.6 is 22.6 Å². The molecule has 0 fully saturated rings. The first-order valence-electron chi connectivity index (χ1n) is 6.47. The summed E-state index contributed by atoms with van der Waals surface area (Å²) in [5.74, 6) is 0.527. The van der Waals surface area contributed by atoms with Crippen LogP contribution in [0, 0.1) is 3.57 Å². The molecule has 0 aliphatic rings. The molecule has 0 amide bonds. The first-order valence-corrected chi connectivity index (χ1v) is 7.55. The van der Waals surface area contributed by atoms with Gasteiger partial charge < -0.3 is 4.74 Å². The minimum atomic E-state index is -0.873. The monoisotopic (exact) mass is 394 g/mol. The molecule has 0 saturated carbocycles. The SMILES string of the molecule is CC(C)(C=O)Oc1ccc(C(=O)c2ccc(I)cc2)cc1. The van der Waals surface area contributed by atoms with Gasteiger partial charge in [-0.3, -0.25) is 9.59 Å². The Labute approximate surface area is 137 Å². The molecule has 2 aromatic carbocycles. The number of carbonyl (C=O) groups is 2. The minimum absolute atomic E-state index is 0.0346. The van der Waals surface area contributed by atoms with Crippen molar-refractivity contribution in [3.63, 3.8) is 0 Å². The lowest BCUT2D eigenvalue weighted by atomic mass is 10.0. The molecule has 0 aliphatic heterocycles. The molecule has 3 nitrogen and oxygen atoms in total. The molecule has 4 heteroatoms. The van der Waals surface area contributed by atoms with Crippen molar-refractivity contribution >= 4 is 34.7 Å². The van der Waals surface area contributed by atoms with Crippen LogP contribution in [0.5, 0.6) is 5.75 Å². The molecule has 0 N–H and O–H groups in total. The molecule has 0 atom stereocenters. The molecule has 0 unspecified atom stereocenters.